The van der Waals surface area contributed by atoms with Crippen LogP contribution in [0.4, 0.5) is 14.6 Å². The zero-order chi connectivity index (χ0) is 13.8. The normalized spacial score (nSPS) is 10.5. The van der Waals surface area contributed by atoms with E-state index in [0.29, 0.717) is 18.5 Å². The van der Waals surface area contributed by atoms with Crippen LogP contribution in [0, 0.1) is 18.6 Å². The third-order valence-corrected chi connectivity index (χ3v) is 3.59. The van der Waals surface area contributed by atoms with Crippen molar-refractivity contribution in [3.05, 3.63) is 57.7 Å². The van der Waals surface area contributed by atoms with Crippen LogP contribution in [-0.4, -0.2) is 11.5 Å². The molecule has 0 saturated carbocycles. The molecule has 1 N–H and O–H groups in total. The van der Waals surface area contributed by atoms with Crippen molar-refractivity contribution in [2.45, 2.75) is 13.3 Å². The molecule has 0 spiro atoms. The average Bonchev–Trinajstić information content (AvgIpc) is 2.36. The number of aryl methyl sites for hydroxylation is 1. The van der Waals surface area contributed by atoms with Crippen molar-refractivity contribution < 1.29 is 8.78 Å². The van der Waals surface area contributed by atoms with Gasteiger partial charge in [0.2, 0.25) is 0 Å². The first-order valence-electron chi connectivity index (χ1n) is 5.86. The number of rotatable bonds is 4. The topological polar surface area (TPSA) is 24.9 Å². The van der Waals surface area contributed by atoms with Crippen LogP contribution in [0.15, 0.2) is 34.9 Å². The number of hydrogen-bond acceptors (Lipinski definition) is 2. The van der Waals surface area contributed by atoms with E-state index in [9.17, 15) is 8.78 Å². The molecule has 0 radical (unpaired) electrons. The van der Waals surface area contributed by atoms with Crippen LogP contribution in [0.5, 0.6) is 0 Å². The lowest BCUT2D eigenvalue weighted by Crippen LogP contribution is -2.07. The number of aromatic nitrogens is 1. The van der Waals surface area contributed by atoms with Crippen molar-refractivity contribution >= 4 is 21.7 Å². The van der Waals surface area contributed by atoms with E-state index in [0.717, 1.165) is 21.9 Å². The molecule has 0 fully saturated rings. The third-order valence-electron chi connectivity index (χ3n) is 2.76. The van der Waals surface area contributed by atoms with E-state index in [1.54, 1.807) is 6.20 Å². The summed E-state index contributed by atoms with van der Waals surface area (Å²) in [5, 5.41) is 3.11. The van der Waals surface area contributed by atoms with E-state index in [2.05, 4.69) is 26.2 Å². The third kappa shape index (κ3) is 3.73. The molecule has 0 aliphatic carbocycles. The van der Waals surface area contributed by atoms with Gasteiger partial charge in [-0.05, 0) is 52.5 Å². The van der Waals surface area contributed by atoms with E-state index < -0.39 is 11.6 Å². The summed E-state index contributed by atoms with van der Waals surface area (Å²) in [5.41, 5.74) is 1.56. The highest BCUT2D eigenvalue weighted by Gasteiger charge is 2.04. The van der Waals surface area contributed by atoms with Gasteiger partial charge in [-0.3, -0.25) is 0 Å². The highest BCUT2D eigenvalue weighted by atomic mass is 79.9. The maximum absolute atomic E-state index is 13.4. The first-order chi connectivity index (χ1) is 9.06. The van der Waals surface area contributed by atoms with Gasteiger partial charge in [0, 0.05) is 23.3 Å². The average molecular weight is 327 g/mol. The van der Waals surface area contributed by atoms with Crippen LogP contribution in [0.1, 0.15) is 11.1 Å². The Bertz CT molecular complexity index is 588. The number of benzene rings is 1. The first-order valence-corrected chi connectivity index (χ1v) is 6.65. The van der Waals surface area contributed by atoms with E-state index in [1.165, 1.54) is 12.1 Å². The number of hydrogen-bond donors (Lipinski definition) is 1. The van der Waals surface area contributed by atoms with Crippen molar-refractivity contribution in [2.75, 3.05) is 11.9 Å². The number of pyridine rings is 1. The lowest BCUT2D eigenvalue weighted by atomic mass is 10.1. The summed E-state index contributed by atoms with van der Waals surface area (Å²) in [6.07, 6.45) is 2.19. The predicted molar refractivity (Wildman–Crippen MR) is 75.2 cm³/mol. The Hall–Kier alpha value is -1.49. The summed E-state index contributed by atoms with van der Waals surface area (Å²) >= 11 is 3.38. The van der Waals surface area contributed by atoms with E-state index in [1.807, 2.05) is 13.0 Å². The van der Waals surface area contributed by atoms with Crippen molar-refractivity contribution in [2.24, 2.45) is 0 Å². The highest BCUT2D eigenvalue weighted by Crippen LogP contribution is 2.17. The second-order valence-corrected chi connectivity index (χ2v) is 5.09. The Labute approximate surface area is 119 Å². The molecule has 0 atom stereocenters. The minimum Gasteiger partial charge on any atom is -0.370 e. The van der Waals surface area contributed by atoms with Gasteiger partial charge in [0.05, 0.1) is 0 Å². The molecule has 0 bridgehead atoms. The molecule has 1 aromatic carbocycles. The van der Waals surface area contributed by atoms with Gasteiger partial charge < -0.3 is 5.32 Å². The molecular formula is C14H13BrF2N2. The van der Waals surface area contributed by atoms with Gasteiger partial charge in [-0.25, -0.2) is 13.8 Å². The molecule has 0 saturated heterocycles. The number of nitrogens with one attached hydrogen (secondary N) is 1. The molecule has 0 aliphatic heterocycles. The summed E-state index contributed by atoms with van der Waals surface area (Å²) in [6, 6.07) is 5.54. The predicted octanol–water partition coefficient (Wildman–Crippen LogP) is 4.09. The second kappa shape index (κ2) is 6.10. The van der Waals surface area contributed by atoms with Crippen LogP contribution in [-0.2, 0) is 6.42 Å². The fourth-order valence-electron chi connectivity index (χ4n) is 1.69. The summed E-state index contributed by atoms with van der Waals surface area (Å²) in [6.45, 7) is 2.51. The largest absolute Gasteiger partial charge is 0.370 e. The number of anilines is 1. The van der Waals surface area contributed by atoms with Gasteiger partial charge in [0.25, 0.3) is 0 Å². The van der Waals surface area contributed by atoms with Crippen LogP contribution >= 0.6 is 15.9 Å². The van der Waals surface area contributed by atoms with Crippen molar-refractivity contribution in [3.63, 3.8) is 0 Å². The first kappa shape index (κ1) is 13.9. The molecule has 19 heavy (non-hydrogen) atoms. The van der Waals surface area contributed by atoms with Gasteiger partial charge in [-0.1, -0.05) is 6.07 Å². The minimum atomic E-state index is -0.556. The van der Waals surface area contributed by atoms with Gasteiger partial charge in [-0.15, -0.1) is 0 Å². The van der Waals surface area contributed by atoms with Gasteiger partial charge in [0.15, 0.2) is 0 Å². The summed E-state index contributed by atoms with van der Waals surface area (Å²) in [4.78, 5) is 4.20. The molecule has 0 amide bonds. The molecule has 1 aromatic heterocycles. The molecular weight excluding hydrogens is 314 g/mol. The van der Waals surface area contributed by atoms with Gasteiger partial charge >= 0.3 is 0 Å². The fraction of sp³-hybridized carbons (Fsp3) is 0.214. The van der Waals surface area contributed by atoms with Crippen molar-refractivity contribution in [3.8, 4) is 0 Å². The van der Waals surface area contributed by atoms with Gasteiger partial charge in [0.1, 0.15) is 17.5 Å². The molecule has 0 aliphatic rings. The smallest absolute Gasteiger partial charge is 0.129 e. The Morgan fingerprint density at radius 1 is 1.26 bits per heavy atom. The number of halogens is 3. The lowest BCUT2D eigenvalue weighted by Gasteiger charge is -2.08. The van der Waals surface area contributed by atoms with Crippen LogP contribution < -0.4 is 5.32 Å². The van der Waals surface area contributed by atoms with Crippen LogP contribution in [0.25, 0.3) is 0 Å². The Kier molecular flexibility index (Phi) is 4.47. The Balaban J connectivity index is 1.94. The molecule has 100 valence electrons. The van der Waals surface area contributed by atoms with Crippen molar-refractivity contribution in [1.82, 2.24) is 4.98 Å². The summed E-state index contributed by atoms with van der Waals surface area (Å²) < 4.78 is 27.1. The van der Waals surface area contributed by atoms with Crippen LogP contribution in [0.2, 0.25) is 0 Å². The SMILES string of the molecule is Cc1cc(NCCc2ccc(F)cc2F)ncc1Br. The van der Waals surface area contributed by atoms with E-state index in [4.69, 9.17) is 0 Å². The van der Waals surface area contributed by atoms with Crippen LogP contribution in [0.3, 0.4) is 0 Å². The highest BCUT2D eigenvalue weighted by molar-refractivity contribution is 9.10. The van der Waals surface area contributed by atoms with Crippen molar-refractivity contribution in [1.29, 1.82) is 0 Å². The molecule has 2 aromatic rings. The number of nitrogens with zero attached hydrogens (tertiary/aromatic N) is 1. The van der Waals surface area contributed by atoms with Gasteiger partial charge in [-0.2, -0.15) is 0 Å². The maximum atomic E-state index is 13.4. The quantitative estimate of drug-likeness (QED) is 0.915. The zero-order valence-electron chi connectivity index (χ0n) is 10.4. The molecule has 5 heteroatoms. The monoisotopic (exact) mass is 326 g/mol. The minimum absolute atomic E-state index is 0.475. The maximum Gasteiger partial charge on any atom is 0.129 e. The fourth-order valence-corrected chi connectivity index (χ4v) is 1.90. The molecule has 0 unspecified atom stereocenters. The van der Waals surface area contributed by atoms with E-state index >= 15 is 0 Å². The Morgan fingerprint density at radius 3 is 2.74 bits per heavy atom. The molecule has 1 heterocycles. The zero-order valence-corrected chi connectivity index (χ0v) is 12.0. The Morgan fingerprint density at radius 2 is 2.05 bits per heavy atom. The second-order valence-electron chi connectivity index (χ2n) is 4.23. The standard InChI is InChI=1S/C14H13BrF2N2/c1-9-6-14(19-8-12(9)15)18-5-4-10-2-3-11(16)7-13(10)17/h2-3,6-8H,4-5H2,1H3,(H,18,19). The van der Waals surface area contributed by atoms with E-state index in [-0.39, 0.29) is 0 Å². The summed E-state index contributed by atoms with van der Waals surface area (Å²) in [7, 11) is 0. The lowest BCUT2D eigenvalue weighted by molar-refractivity contribution is 0.572. The molecule has 2 rings (SSSR count). The molecule has 2 nitrogen and oxygen atoms in total. The summed E-state index contributed by atoms with van der Waals surface area (Å²) in [5.74, 6) is -0.329.